The third-order valence-corrected chi connectivity index (χ3v) is 5.03. The normalized spacial score (nSPS) is 18.1. The van der Waals surface area contributed by atoms with Crippen molar-refractivity contribution in [2.45, 2.75) is 12.5 Å². The van der Waals surface area contributed by atoms with Crippen LogP contribution in [0.4, 0.5) is 15.9 Å². The molecular weight excluding hydrogens is 401 g/mol. The van der Waals surface area contributed by atoms with Gasteiger partial charge < -0.3 is 24.3 Å². The van der Waals surface area contributed by atoms with Crippen LogP contribution in [0.15, 0.2) is 30.6 Å². The highest BCUT2D eigenvalue weighted by Crippen LogP contribution is 2.47. The first-order valence-electron chi connectivity index (χ1n) is 9.23. The predicted octanol–water partition coefficient (Wildman–Crippen LogP) is 4.10. The molecule has 3 aromatic rings. The summed E-state index contributed by atoms with van der Waals surface area (Å²) in [5, 5.41) is 3.83. The van der Waals surface area contributed by atoms with Crippen molar-refractivity contribution >= 4 is 34.0 Å². The van der Waals surface area contributed by atoms with Gasteiger partial charge in [0.15, 0.2) is 11.5 Å². The summed E-state index contributed by atoms with van der Waals surface area (Å²) in [7, 11) is 0. The van der Waals surface area contributed by atoms with Crippen LogP contribution in [0.1, 0.15) is 6.42 Å². The van der Waals surface area contributed by atoms with E-state index in [0.29, 0.717) is 66.1 Å². The number of nitrogens with one attached hydrogen (secondary N) is 1. The molecule has 9 heteroatoms. The number of halogens is 2. The first-order chi connectivity index (χ1) is 14.2. The fourth-order valence-electron chi connectivity index (χ4n) is 3.39. The van der Waals surface area contributed by atoms with E-state index in [1.165, 1.54) is 18.5 Å². The minimum Gasteiger partial charge on any atom is -0.485 e. The van der Waals surface area contributed by atoms with E-state index in [2.05, 4.69) is 15.3 Å². The summed E-state index contributed by atoms with van der Waals surface area (Å²) in [4.78, 5) is 8.71. The van der Waals surface area contributed by atoms with E-state index < -0.39 is 5.82 Å². The summed E-state index contributed by atoms with van der Waals surface area (Å²) in [5.74, 6) is 1.61. The van der Waals surface area contributed by atoms with Gasteiger partial charge in [-0.2, -0.15) is 0 Å². The van der Waals surface area contributed by atoms with Crippen molar-refractivity contribution in [3.05, 3.63) is 41.4 Å². The van der Waals surface area contributed by atoms with Gasteiger partial charge in [-0.15, -0.1) is 0 Å². The van der Waals surface area contributed by atoms with Crippen LogP contribution in [0.25, 0.3) is 10.9 Å². The summed E-state index contributed by atoms with van der Waals surface area (Å²) < 4.78 is 36.8. The van der Waals surface area contributed by atoms with Crippen LogP contribution in [0.3, 0.4) is 0 Å². The summed E-state index contributed by atoms with van der Waals surface area (Å²) >= 11 is 5.90. The molecule has 1 saturated heterocycles. The van der Waals surface area contributed by atoms with Crippen LogP contribution >= 0.6 is 11.6 Å². The molecule has 2 aliphatic heterocycles. The maximum atomic E-state index is 13.5. The highest BCUT2D eigenvalue weighted by Gasteiger charge is 2.27. The highest BCUT2D eigenvalue weighted by atomic mass is 35.5. The van der Waals surface area contributed by atoms with Gasteiger partial charge in [-0.1, -0.05) is 11.6 Å². The Labute approximate surface area is 170 Å². The van der Waals surface area contributed by atoms with E-state index in [4.69, 9.17) is 30.5 Å². The third kappa shape index (κ3) is 3.49. The molecule has 5 rings (SSSR count). The van der Waals surface area contributed by atoms with Crippen LogP contribution < -0.4 is 19.5 Å². The zero-order valence-electron chi connectivity index (χ0n) is 15.3. The monoisotopic (exact) mass is 417 g/mol. The third-order valence-electron chi connectivity index (χ3n) is 4.74. The standard InChI is InChI=1S/C20H17ClFN3O4/c21-13-7-11(1-2-14(13)22)25-20-17-15(23-10-24-20)8-16(29-12-3-4-26-9-12)18-19(17)28-6-5-27-18/h1-2,7-8,10,12H,3-6,9H2,(H,23,24,25). The maximum Gasteiger partial charge on any atom is 0.204 e. The second-order valence-corrected chi connectivity index (χ2v) is 7.11. The second-order valence-electron chi connectivity index (χ2n) is 6.70. The fraction of sp³-hybridized carbons (Fsp3) is 0.300. The van der Waals surface area contributed by atoms with Gasteiger partial charge in [-0.05, 0) is 18.2 Å². The Morgan fingerprint density at radius 3 is 2.76 bits per heavy atom. The Bertz CT molecular complexity index is 1080. The van der Waals surface area contributed by atoms with Crippen molar-refractivity contribution < 1.29 is 23.3 Å². The van der Waals surface area contributed by atoms with Gasteiger partial charge in [-0.25, -0.2) is 14.4 Å². The van der Waals surface area contributed by atoms with Gasteiger partial charge in [0.25, 0.3) is 0 Å². The number of nitrogens with zero attached hydrogens (tertiary/aromatic N) is 2. The van der Waals surface area contributed by atoms with Crippen LogP contribution in [-0.2, 0) is 4.74 Å². The lowest BCUT2D eigenvalue weighted by molar-refractivity contribution is 0.128. The topological polar surface area (TPSA) is 74.7 Å². The van der Waals surface area contributed by atoms with E-state index in [0.717, 1.165) is 6.42 Å². The quantitative estimate of drug-likeness (QED) is 0.684. The molecule has 150 valence electrons. The number of anilines is 2. The molecule has 29 heavy (non-hydrogen) atoms. The Balaban J connectivity index is 1.59. The number of rotatable bonds is 4. The molecule has 0 bridgehead atoms. The van der Waals surface area contributed by atoms with Gasteiger partial charge in [-0.3, -0.25) is 0 Å². The molecule has 7 nitrogen and oxygen atoms in total. The van der Waals surface area contributed by atoms with Gasteiger partial charge in [0, 0.05) is 18.2 Å². The molecule has 1 atom stereocenters. The summed E-state index contributed by atoms with van der Waals surface area (Å²) in [5.41, 5.74) is 1.22. The molecule has 1 fully saturated rings. The zero-order chi connectivity index (χ0) is 19.8. The fourth-order valence-corrected chi connectivity index (χ4v) is 3.57. The lowest BCUT2D eigenvalue weighted by Crippen LogP contribution is -2.20. The van der Waals surface area contributed by atoms with Crippen molar-refractivity contribution in [1.82, 2.24) is 9.97 Å². The lowest BCUT2D eigenvalue weighted by Gasteiger charge is -2.24. The molecule has 1 N–H and O–H groups in total. The first-order valence-corrected chi connectivity index (χ1v) is 9.60. The van der Waals surface area contributed by atoms with Crippen molar-refractivity contribution in [2.24, 2.45) is 0 Å². The van der Waals surface area contributed by atoms with E-state index in [9.17, 15) is 4.39 Å². The smallest absolute Gasteiger partial charge is 0.204 e. The lowest BCUT2D eigenvalue weighted by atomic mass is 10.1. The van der Waals surface area contributed by atoms with Crippen LogP contribution in [0, 0.1) is 5.82 Å². The molecule has 2 aliphatic rings. The average molecular weight is 418 g/mol. The minimum absolute atomic E-state index is 0.0180. The number of hydrogen-bond acceptors (Lipinski definition) is 7. The maximum absolute atomic E-state index is 13.5. The van der Waals surface area contributed by atoms with E-state index >= 15 is 0 Å². The van der Waals surface area contributed by atoms with Gasteiger partial charge >= 0.3 is 0 Å². The van der Waals surface area contributed by atoms with Crippen molar-refractivity contribution in [1.29, 1.82) is 0 Å². The van der Waals surface area contributed by atoms with Gasteiger partial charge in [0.05, 0.1) is 29.1 Å². The van der Waals surface area contributed by atoms with Gasteiger partial charge in [0.2, 0.25) is 5.75 Å². The number of aromatic nitrogens is 2. The summed E-state index contributed by atoms with van der Waals surface area (Å²) in [6.07, 6.45) is 2.21. The highest BCUT2D eigenvalue weighted by molar-refractivity contribution is 6.31. The van der Waals surface area contributed by atoms with Crippen molar-refractivity contribution in [3.63, 3.8) is 0 Å². The number of benzene rings is 2. The molecule has 0 saturated carbocycles. The first kappa shape index (κ1) is 18.2. The molecule has 1 unspecified atom stereocenters. The average Bonchev–Trinajstić information content (AvgIpc) is 3.24. The van der Waals surface area contributed by atoms with Crippen LogP contribution in [-0.4, -0.2) is 42.5 Å². The van der Waals surface area contributed by atoms with Crippen LogP contribution in [0.5, 0.6) is 17.2 Å². The summed E-state index contributed by atoms with van der Waals surface area (Å²) in [6.45, 7) is 2.03. The van der Waals surface area contributed by atoms with Crippen molar-refractivity contribution in [3.8, 4) is 17.2 Å². The SMILES string of the molecule is Fc1ccc(Nc2ncnc3cc(OC4CCOC4)c4c(c23)OCCO4)cc1Cl. The van der Waals surface area contributed by atoms with E-state index in [1.807, 2.05) is 6.07 Å². The number of hydrogen-bond donors (Lipinski definition) is 1. The minimum atomic E-state index is -0.489. The molecular formula is C20H17ClFN3O4. The Kier molecular flexibility index (Phi) is 4.73. The zero-order valence-corrected chi connectivity index (χ0v) is 16.0. The number of ether oxygens (including phenoxy) is 4. The largest absolute Gasteiger partial charge is 0.485 e. The van der Waals surface area contributed by atoms with Crippen molar-refractivity contribution in [2.75, 3.05) is 31.7 Å². The number of fused-ring (bicyclic) bond motifs is 3. The van der Waals surface area contributed by atoms with Crippen LogP contribution in [0.2, 0.25) is 5.02 Å². The molecule has 0 amide bonds. The van der Waals surface area contributed by atoms with E-state index in [1.54, 1.807) is 6.07 Å². The second kappa shape index (κ2) is 7.53. The predicted molar refractivity (Wildman–Crippen MR) is 105 cm³/mol. The Hall–Kier alpha value is -2.84. The molecule has 3 heterocycles. The molecule has 0 radical (unpaired) electrons. The molecule has 0 aliphatic carbocycles. The molecule has 0 spiro atoms. The van der Waals surface area contributed by atoms with Gasteiger partial charge in [0.1, 0.15) is 37.3 Å². The molecule has 2 aromatic carbocycles. The molecule has 1 aromatic heterocycles. The Morgan fingerprint density at radius 2 is 1.97 bits per heavy atom. The Morgan fingerprint density at radius 1 is 1.10 bits per heavy atom. The van der Waals surface area contributed by atoms with E-state index in [-0.39, 0.29) is 11.1 Å². The summed E-state index contributed by atoms with van der Waals surface area (Å²) in [6, 6.07) is 6.17.